The van der Waals surface area contributed by atoms with Gasteiger partial charge in [0.25, 0.3) is 5.91 Å². The molecule has 26 heavy (non-hydrogen) atoms. The molecule has 0 spiro atoms. The predicted octanol–water partition coefficient (Wildman–Crippen LogP) is 0.168. The summed E-state index contributed by atoms with van der Waals surface area (Å²) in [5.41, 5.74) is 0.496. The van der Waals surface area contributed by atoms with Crippen LogP contribution in [0, 0.1) is 17.1 Å². The molecule has 1 saturated heterocycles. The zero-order valence-electron chi connectivity index (χ0n) is 14.5. The molecule has 140 valence electrons. The van der Waals surface area contributed by atoms with Crippen LogP contribution in [0.15, 0.2) is 36.0 Å². The van der Waals surface area contributed by atoms with Crippen molar-refractivity contribution in [2.45, 2.75) is 0 Å². The number of aliphatic hydroxyl groups is 2. The van der Waals surface area contributed by atoms with E-state index in [0.717, 1.165) is 0 Å². The van der Waals surface area contributed by atoms with Crippen molar-refractivity contribution in [3.05, 3.63) is 41.9 Å². The standard InChI is InChI=1S/C18H23FN4O3/c19-16-3-1-2-4-17(16)22-7-5-21(6-8-22)14-15(13-20)18(26)23(9-11-24)10-12-25/h1-4,14,24-25H,5-12H2/b15-14-. The van der Waals surface area contributed by atoms with Gasteiger partial charge in [-0.05, 0) is 12.1 Å². The number of amides is 1. The van der Waals surface area contributed by atoms with E-state index in [4.69, 9.17) is 10.2 Å². The molecule has 0 aromatic heterocycles. The first-order chi connectivity index (χ1) is 12.6. The zero-order valence-corrected chi connectivity index (χ0v) is 14.5. The summed E-state index contributed by atoms with van der Waals surface area (Å²) in [5.74, 6) is -0.792. The summed E-state index contributed by atoms with van der Waals surface area (Å²) in [5, 5.41) is 27.3. The molecule has 0 saturated carbocycles. The average Bonchev–Trinajstić information content (AvgIpc) is 2.66. The van der Waals surface area contributed by atoms with E-state index in [9.17, 15) is 14.4 Å². The van der Waals surface area contributed by atoms with Crippen molar-refractivity contribution in [2.75, 3.05) is 57.4 Å². The van der Waals surface area contributed by atoms with Crippen LogP contribution >= 0.6 is 0 Å². The number of anilines is 1. The fourth-order valence-corrected chi connectivity index (χ4v) is 2.84. The summed E-state index contributed by atoms with van der Waals surface area (Å²) in [6, 6.07) is 8.47. The lowest BCUT2D eigenvalue weighted by Gasteiger charge is -2.35. The Morgan fingerprint density at radius 3 is 2.35 bits per heavy atom. The lowest BCUT2D eigenvalue weighted by Crippen LogP contribution is -2.45. The van der Waals surface area contributed by atoms with Crippen LogP contribution in [0.5, 0.6) is 0 Å². The van der Waals surface area contributed by atoms with Gasteiger partial charge in [-0.15, -0.1) is 0 Å². The van der Waals surface area contributed by atoms with E-state index in [2.05, 4.69) is 0 Å². The molecule has 1 amide bonds. The normalized spacial score (nSPS) is 14.9. The SMILES string of the molecule is N#C/C(=C/N1CCN(c2ccccc2F)CC1)C(=O)N(CCO)CCO. The Balaban J connectivity index is 2.02. The summed E-state index contributed by atoms with van der Waals surface area (Å²) in [6.07, 6.45) is 1.50. The van der Waals surface area contributed by atoms with Gasteiger partial charge >= 0.3 is 0 Å². The number of rotatable bonds is 7. The highest BCUT2D eigenvalue weighted by Crippen LogP contribution is 2.20. The Labute approximate surface area is 152 Å². The Hall–Kier alpha value is -2.63. The first-order valence-electron chi connectivity index (χ1n) is 8.47. The molecule has 7 nitrogen and oxygen atoms in total. The molecule has 1 aliphatic rings. The van der Waals surface area contributed by atoms with Crippen LogP contribution < -0.4 is 4.90 Å². The van der Waals surface area contributed by atoms with Crippen molar-refractivity contribution < 1.29 is 19.4 Å². The Bertz CT molecular complexity index is 675. The fourth-order valence-electron chi connectivity index (χ4n) is 2.84. The van der Waals surface area contributed by atoms with Crippen molar-refractivity contribution in [1.82, 2.24) is 9.80 Å². The van der Waals surface area contributed by atoms with E-state index in [1.165, 1.54) is 17.2 Å². The summed E-state index contributed by atoms with van der Waals surface area (Å²) in [6.45, 7) is 1.86. The third kappa shape index (κ3) is 4.94. The topological polar surface area (TPSA) is 91.0 Å². The van der Waals surface area contributed by atoms with Gasteiger partial charge in [0.1, 0.15) is 17.5 Å². The number of hydrogen-bond donors (Lipinski definition) is 2. The first-order valence-corrected chi connectivity index (χ1v) is 8.47. The molecule has 0 unspecified atom stereocenters. The number of nitriles is 1. The van der Waals surface area contributed by atoms with Gasteiger partial charge in [-0.25, -0.2) is 4.39 Å². The van der Waals surface area contributed by atoms with Crippen molar-refractivity contribution >= 4 is 11.6 Å². The van der Waals surface area contributed by atoms with Crippen molar-refractivity contribution in [3.63, 3.8) is 0 Å². The summed E-state index contributed by atoms with van der Waals surface area (Å²) >= 11 is 0. The van der Waals surface area contributed by atoms with E-state index < -0.39 is 5.91 Å². The van der Waals surface area contributed by atoms with Gasteiger partial charge in [0, 0.05) is 45.5 Å². The first kappa shape index (κ1) is 19.7. The van der Waals surface area contributed by atoms with Crippen molar-refractivity contribution in [2.24, 2.45) is 0 Å². The molecule has 2 rings (SSSR count). The van der Waals surface area contributed by atoms with Gasteiger partial charge in [0.05, 0.1) is 18.9 Å². The van der Waals surface area contributed by atoms with Crippen molar-refractivity contribution in [1.29, 1.82) is 5.26 Å². The Morgan fingerprint density at radius 1 is 1.19 bits per heavy atom. The minimum absolute atomic E-state index is 0.0498. The van der Waals surface area contributed by atoms with Gasteiger partial charge in [0.15, 0.2) is 0 Å². The number of para-hydroxylation sites is 1. The predicted molar refractivity (Wildman–Crippen MR) is 94.6 cm³/mol. The molecule has 0 atom stereocenters. The average molecular weight is 362 g/mol. The maximum absolute atomic E-state index is 13.9. The number of aliphatic hydroxyl groups excluding tert-OH is 2. The highest BCUT2D eigenvalue weighted by atomic mass is 19.1. The smallest absolute Gasteiger partial charge is 0.266 e. The summed E-state index contributed by atoms with van der Waals surface area (Å²) < 4.78 is 13.9. The van der Waals surface area contributed by atoms with Crippen LogP contribution in [0.25, 0.3) is 0 Å². The molecule has 1 aliphatic heterocycles. The minimum atomic E-state index is -0.521. The van der Waals surface area contributed by atoms with Crippen LogP contribution in [-0.2, 0) is 4.79 Å². The zero-order chi connectivity index (χ0) is 18.9. The lowest BCUT2D eigenvalue weighted by atomic mass is 10.2. The molecule has 0 bridgehead atoms. The second kappa shape index (κ2) is 9.75. The van der Waals surface area contributed by atoms with Gasteiger partial charge in [-0.1, -0.05) is 12.1 Å². The van der Waals surface area contributed by atoms with Gasteiger partial charge in [-0.3, -0.25) is 4.79 Å². The van der Waals surface area contributed by atoms with Gasteiger partial charge in [-0.2, -0.15) is 5.26 Å². The number of carbonyl (C=O) groups is 1. The van der Waals surface area contributed by atoms with E-state index in [0.29, 0.717) is 31.9 Å². The second-order valence-electron chi connectivity index (χ2n) is 5.87. The van der Waals surface area contributed by atoms with Crippen LogP contribution in [0.3, 0.4) is 0 Å². The number of carbonyl (C=O) groups excluding carboxylic acids is 1. The largest absolute Gasteiger partial charge is 0.395 e. The number of benzene rings is 1. The number of hydrogen-bond acceptors (Lipinski definition) is 6. The molecule has 1 aromatic carbocycles. The van der Waals surface area contributed by atoms with E-state index in [-0.39, 0.29) is 37.7 Å². The summed E-state index contributed by atoms with van der Waals surface area (Å²) in [4.78, 5) is 17.4. The van der Waals surface area contributed by atoms with Crippen LogP contribution in [0.4, 0.5) is 10.1 Å². The van der Waals surface area contributed by atoms with Gasteiger partial charge in [0.2, 0.25) is 0 Å². The fraction of sp³-hybridized carbons (Fsp3) is 0.444. The monoisotopic (exact) mass is 362 g/mol. The van der Waals surface area contributed by atoms with Crippen LogP contribution in [0.1, 0.15) is 0 Å². The number of nitrogens with zero attached hydrogens (tertiary/aromatic N) is 4. The Morgan fingerprint density at radius 2 is 1.81 bits per heavy atom. The maximum atomic E-state index is 13.9. The third-order valence-electron chi connectivity index (χ3n) is 4.20. The molecular formula is C18H23FN4O3. The van der Waals surface area contributed by atoms with E-state index >= 15 is 0 Å². The van der Waals surface area contributed by atoms with Crippen LogP contribution in [0.2, 0.25) is 0 Å². The lowest BCUT2D eigenvalue weighted by molar-refractivity contribution is -0.127. The molecule has 8 heteroatoms. The molecule has 1 aromatic rings. The molecule has 1 fully saturated rings. The van der Waals surface area contributed by atoms with Gasteiger partial charge < -0.3 is 24.9 Å². The van der Waals surface area contributed by atoms with Crippen LogP contribution in [-0.4, -0.2) is 78.4 Å². The number of halogens is 1. The molecule has 2 N–H and O–H groups in total. The molecular weight excluding hydrogens is 339 g/mol. The van der Waals surface area contributed by atoms with E-state index in [1.807, 2.05) is 15.9 Å². The highest BCUT2D eigenvalue weighted by Gasteiger charge is 2.21. The van der Waals surface area contributed by atoms with E-state index in [1.54, 1.807) is 18.2 Å². The second-order valence-corrected chi connectivity index (χ2v) is 5.87. The summed E-state index contributed by atoms with van der Waals surface area (Å²) in [7, 11) is 0. The maximum Gasteiger partial charge on any atom is 0.266 e. The quantitative estimate of drug-likeness (QED) is 0.531. The Kier molecular flexibility index (Phi) is 7.38. The molecule has 0 radical (unpaired) electrons. The minimum Gasteiger partial charge on any atom is -0.395 e. The molecule has 0 aliphatic carbocycles. The van der Waals surface area contributed by atoms with Crippen molar-refractivity contribution in [3.8, 4) is 6.07 Å². The third-order valence-corrected chi connectivity index (χ3v) is 4.20. The number of piperazine rings is 1. The highest BCUT2D eigenvalue weighted by molar-refractivity contribution is 5.97. The molecule has 1 heterocycles.